The van der Waals surface area contributed by atoms with E-state index in [1.165, 1.54) is 6.21 Å². The van der Waals surface area contributed by atoms with Crippen LogP contribution in [0, 0.1) is 0 Å². The molecule has 0 aromatic heterocycles. The van der Waals surface area contributed by atoms with E-state index >= 15 is 0 Å². The first kappa shape index (κ1) is 25.0. The van der Waals surface area contributed by atoms with E-state index in [1.54, 1.807) is 43.3 Å². The fourth-order valence-corrected chi connectivity index (χ4v) is 3.80. The first-order valence-electron chi connectivity index (χ1n) is 9.89. The molecule has 3 aromatic rings. The van der Waals surface area contributed by atoms with E-state index in [-0.39, 0.29) is 12.5 Å². The molecule has 33 heavy (non-hydrogen) atoms. The second-order valence-electron chi connectivity index (χ2n) is 6.97. The van der Waals surface area contributed by atoms with Crippen LogP contribution in [-0.2, 0) is 11.4 Å². The third kappa shape index (κ3) is 7.15. The van der Waals surface area contributed by atoms with Crippen LogP contribution in [0.1, 0.15) is 28.4 Å². The molecule has 0 saturated carbocycles. The van der Waals surface area contributed by atoms with Gasteiger partial charge in [-0.1, -0.05) is 57.9 Å². The number of rotatable bonds is 8. The van der Waals surface area contributed by atoms with Crippen molar-refractivity contribution >= 4 is 61.5 Å². The van der Waals surface area contributed by atoms with Crippen LogP contribution in [0.4, 0.5) is 0 Å². The van der Waals surface area contributed by atoms with Gasteiger partial charge in [-0.25, -0.2) is 5.43 Å². The molecule has 0 radical (unpaired) electrons. The van der Waals surface area contributed by atoms with Gasteiger partial charge in [-0.3, -0.25) is 9.59 Å². The predicted molar refractivity (Wildman–Crippen MR) is 137 cm³/mol. The van der Waals surface area contributed by atoms with Crippen molar-refractivity contribution in [1.82, 2.24) is 10.7 Å². The number of benzene rings is 3. The normalized spacial score (nSPS) is 11.8. The highest BCUT2D eigenvalue weighted by molar-refractivity contribution is 9.10. The summed E-state index contributed by atoms with van der Waals surface area (Å²) in [7, 11) is 0. The summed E-state index contributed by atoms with van der Waals surface area (Å²) in [6, 6.07) is 19.1. The van der Waals surface area contributed by atoms with Gasteiger partial charge in [0, 0.05) is 25.1 Å². The lowest BCUT2D eigenvalue weighted by molar-refractivity contribution is -0.122. The minimum absolute atomic E-state index is 0.284. The second kappa shape index (κ2) is 12.0. The molecular formula is C24H20Br2ClN3O3. The van der Waals surface area contributed by atoms with Crippen LogP contribution in [0.25, 0.3) is 0 Å². The molecule has 1 unspecified atom stereocenters. The van der Waals surface area contributed by atoms with Crippen molar-refractivity contribution in [2.24, 2.45) is 5.10 Å². The standard InChI is InChI=1S/C24H20Br2ClN3O3/c1-15(29-24(32)19-7-3-4-8-20(19)26)23(31)30-28-13-17-12-18(25)10-11-22(17)33-14-16-6-2-5-9-21(16)27/h2-13,15H,14H2,1H3,(H,29,32)(H,30,31). The minimum Gasteiger partial charge on any atom is -0.488 e. The Morgan fingerprint density at radius 3 is 2.58 bits per heavy atom. The van der Waals surface area contributed by atoms with Crippen LogP contribution in [0.5, 0.6) is 5.75 Å². The van der Waals surface area contributed by atoms with E-state index in [9.17, 15) is 9.59 Å². The molecule has 2 N–H and O–H groups in total. The molecule has 0 aliphatic carbocycles. The zero-order chi connectivity index (χ0) is 23.8. The maximum absolute atomic E-state index is 12.4. The van der Waals surface area contributed by atoms with Gasteiger partial charge in [0.1, 0.15) is 18.4 Å². The van der Waals surface area contributed by atoms with Crippen molar-refractivity contribution in [3.63, 3.8) is 0 Å². The Morgan fingerprint density at radius 2 is 1.82 bits per heavy atom. The number of nitrogens with zero attached hydrogens (tertiary/aromatic N) is 1. The van der Waals surface area contributed by atoms with Crippen LogP contribution in [0.15, 0.2) is 80.8 Å². The van der Waals surface area contributed by atoms with Gasteiger partial charge in [0.05, 0.1) is 11.8 Å². The Bertz CT molecular complexity index is 1190. The Labute approximate surface area is 213 Å². The highest BCUT2D eigenvalue weighted by Gasteiger charge is 2.17. The fraction of sp³-hybridized carbons (Fsp3) is 0.125. The summed E-state index contributed by atoms with van der Waals surface area (Å²) < 4.78 is 7.38. The number of carbonyl (C=O) groups is 2. The van der Waals surface area contributed by atoms with Crippen molar-refractivity contribution in [2.75, 3.05) is 0 Å². The number of nitrogens with one attached hydrogen (secondary N) is 2. The maximum Gasteiger partial charge on any atom is 0.262 e. The highest BCUT2D eigenvalue weighted by atomic mass is 79.9. The molecule has 0 heterocycles. The molecular weight excluding hydrogens is 574 g/mol. The summed E-state index contributed by atoms with van der Waals surface area (Å²) in [6.45, 7) is 1.86. The Hall–Kier alpha value is -2.68. The number of hydrogen-bond acceptors (Lipinski definition) is 4. The zero-order valence-corrected chi connectivity index (χ0v) is 21.4. The first-order chi connectivity index (χ1) is 15.8. The predicted octanol–water partition coefficient (Wildman–Crippen LogP) is 5.71. The zero-order valence-electron chi connectivity index (χ0n) is 17.5. The van der Waals surface area contributed by atoms with Crippen molar-refractivity contribution in [3.8, 4) is 5.75 Å². The first-order valence-corrected chi connectivity index (χ1v) is 11.9. The van der Waals surface area contributed by atoms with Gasteiger partial charge in [0.25, 0.3) is 11.8 Å². The summed E-state index contributed by atoms with van der Waals surface area (Å²) in [6.07, 6.45) is 1.48. The molecule has 0 bridgehead atoms. The molecule has 0 saturated heterocycles. The van der Waals surface area contributed by atoms with Crippen LogP contribution in [0.3, 0.4) is 0 Å². The smallest absolute Gasteiger partial charge is 0.262 e. The Morgan fingerprint density at radius 1 is 1.09 bits per heavy atom. The number of amides is 2. The number of halogens is 3. The highest BCUT2D eigenvalue weighted by Crippen LogP contribution is 2.24. The van der Waals surface area contributed by atoms with E-state index in [0.717, 1.165) is 10.0 Å². The van der Waals surface area contributed by atoms with Crippen molar-refractivity contribution in [1.29, 1.82) is 0 Å². The van der Waals surface area contributed by atoms with Crippen molar-refractivity contribution in [3.05, 3.63) is 97.4 Å². The second-order valence-corrected chi connectivity index (χ2v) is 9.15. The summed E-state index contributed by atoms with van der Waals surface area (Å²) in [5.74, 6) is -0.247. The van der Waals surface area contributed by atoms with Gasteiger partial charge >= 0.3 is 0 Å². The van der Waals surface area contributed by atoms with Crippen LogP contribution < -0.4 is 15.5 Å². The summed E-state index contributed by atoms with van der Waals surface area (Å²) in [5.41, 5.74) is 4.39. The van der Waals surface area contributed by atoms with Gasteiger partial charge in [-0.2, -0.15) is 5.10 Å². The number of ether oxygens (including phenoxy) is 1. The lowest BCUT2D eigenvalue weighted by atomic mass is 10.2. The van der Waals surface area contributed by atoms with E-state index < -0.39 is 11.9 Å². The molecule has 6 nitrogen and oxygen atoms in total. The van der Waals surface area contributed by atoms with Crippen molar-refractivity contribution in [2.45, 2.75) is 19.6 Å². The number of hydrogen-bond donors (Lipinski definition) is 2. The van der Waals surface area contributed by atoms with Gasteiger partial charge in [-0.05, 0) is 59.3 Å². The molecule has 3 aromatic carbocycles. The monoisotopic (exact) mass is 591 g/mol. The molecule has 0 aliphatic rings. The van der Waals surface area contributed by atoms with E-state index in [4.69, 9.17) is 16.3 Å². The summed E-state index contributed by atoms with van der Waals surface area (Å²) in [5, 5.41) is 7.29. The molecule has 170 valence electrons. The lowest BCUT2D eigenvalue weighted by Gasteiger charge is -2.13. The number of hydrazone groups is 1. The Balaban J connectivity index is 1.61. The molecule has 9 heteroatoms. The SMILES string of the molecule is CC(NC(=O)c1ccccc1Br)C(=O)NN=Cc1cc(Br)ccc1OCc1ccccc1Cl. The molecule has 2 amide bonds. The van der Waals surface area contributed by atoms with Crippen LogP contribution in [0.2, 0.25) is 5.02 Å². The fourth-order valence-electron chi connectivity index (χ4n) is 2.77. The molecule has 0 aliphatic heterocycles. The average molecular weight is 594 g/mol. The van der Waals surface area contributed by atoms with Crippen molar-refractivity contribution < 1.29 is 14.3 Å². The number of carbonyl (C=O) groups excluding carboxylic acids is 2. The van der Waals surface area contributed by atoms with Gasteiger partial charge < -0.3 is 10.1 Å². The van der Waals surface area contributed by atoms with Crippen LogP contribution in [-0.4, -0.2) is 24.1 Å². The summed E-state index contributed by atoms with van der Waals surface area (Å²) in [4.78, 5) is 24.8. The van der Waals surface area contributed by atoms with E-state index in [0.29, 0.717) is 26.4 Å². The molecule has 1 atom stereocenters. The van der Waals surface area contributed by atoms with Gasteiger partial charge in [-0.15, -0.1) is 0 Å². The molecule has 0 spiro atoms. The molecule has 3 rings (SSSR count). The third-order valence-electron chi connectivity index (χ3n) is 4.55. The lowest BCUT2D eigenvalue weighted by Crippen LogP contribution is -2.43. The quantitative estimate of drug-likeness (QED) is 0.259. The minimum atomic E-state index is -0.791. The Kier molecular flexibility index (Phi) is 9.05. The van der Waals surface area contributed by atoms with E-state index in [1.807, 2.05) is 30.3 Å². The van der Waals surface area contributed by atoms with Gasteiger partial charge in [0.2, 0.25) is 0 Å². The van der Waals surface area contributed by atoms with Crippen LogP contribution >= 0.6 is 43.5 Å². The van der Waals surface area contributed by atoms with Gasteiger partial charge in [0.15, 0.2) is 0 Å². The summed E-state index contributed by atoms with van der Waals surface area (Å²) >= 11 is 12.9. The average Bonchev–Trinajstić information content (AvgIpc) is 2.79. The van der Waals surface area contributed by atoms with E-state index in [2.05, 4.69) is 47.7 Å². The maximum atomic E-state index is 12.4. The topological polar surface area (TPSA) is 79.8 Å². The molecule has 0 fully saturated rings. The largest absolute Gasteiger partial charge is 0.488 e. The third-order valence-corrected chi connectivity index (χ3v) is 6.10.